The molecule has 138 valence electrons. The van der Waals surface area contributed by atoms with Gasteiger partial charge in [0.2, 0.25) is 5.88 Å². The van der Waals surface area contributed by atoms with E-state index in [-0.39, 0.29) is 17.7 Å². The number of para-hydroxylation sites is 1. The second-order valence-electron chi connectivity index (χ2n) is 6.50. The Morgan fingerprint density at radius 1 is 1.19 bits per heavy atom. The van der Waals surface area contributed by atoms with Crippen molar-refractivity contribution in [1.29, 1.82) is 0 Å². The number of rotatable bonds is 5. The lowest BCUT2D eigenvalue weighted by Crippen LogP contribution is -2.08. The van der Waals surface area contributed by atoms with Crippen molar-refractivity contribution in [3.05, 3.63) is 53.0 Å². The van der Waals surface area contributed by atoms with Crippen LogP contribution in [0, 0.1) is 6.92 Å². The molecule has 2 N–H and O–H groups in total. The molecule has 0 fully saturated rings. The van der Waals surface area contributed by atoms with E-state index in [1.165, 1.54) is 15.3 Å². The summed E-state index contributed by atoms with van der Waals surface area (Å²) in [4.78, 5) is 4.51. The Kier molecular flexibility index (Phi) is 3.95. The standard InChI is InChI=1S/C19H19N5O3/c1-11-9-15(25)23(19(11)26)10-12(2)16-20-17-13(3)18(22-24(17)21-16)27-14-7-5-4-6-8-14/h4-9,12,25-26H,3,10H2,1-2H3. The Balaban J connectivity index is 1.59. The van der Waals surface area contributed by atoms with Crippen molar-refractivity contribution in [2.75, 3.05) is 0 Å². The number of fused-ring (bicyclic) bond motifs is 1. The van der Waals surface area contributed by atoms with E-state index in [1.54, 1.807) is 6.92 Å². The Morgan fingerprint density at radius 3 is 2.56 bits per heavy atom. The van der Waals surface area contributed by atoms with E-state index in [0.717, 1.165) is 0 Å². The third-order valence-electron chi connectivity index (χ3n) is 4.41. The van der Waals surface area contributed by atoms with Crippen LogP contribution in [-0.4, -0.2) is 34.6 Å². The summed E-state index contributed by atoms with van der Waals surface area (Å²) in [5.74, 6) is 1.43. The minimum atomic E-state index is -0.159. The first-order valence-corrected chi connectivity index (χ1v) is 8.50. The lowest BCUT2D eigenvalue weighted by atomic mass is 10.1. The van der Waals surface area contributed by atoms with Gasteiger partial charge in [-0.15, -0.1) is 14.8 Å². The van der Waals surface area contributed by atoms with Gasteiger partial charge < -0.3 is 14.9 Å². The van der Waals surface area contributed by atoms with Gasteiger partial charge in [-0.05, 0) is 19.1 Å². The normalized spacial score (nSPS) is 12.5. The van der Waals surface area contributed by atoms with E-state index in [0.29, 0.717) is 40.4 Å². The van der Waals surface area contributed by atoms with Gasteiger partial charge >= 0.3 is 0 Å². The Morgan fingerprint density at radius 2 is 1.93 bits per heavy atom. The van der Waals surface area contributed by atoms with Gasteiger partial charge in [-0.2, -0.15) is 0 Å². The predicted molar refractivity (Wildman–Crippen MR) is 99.0 cm³/mol. The van der Waals surface area contributed by atoms with E-state index in [9.17, 15) is 10.2 Å². The van der Waals surface area contributed by atoms with E-state index in [1.807, 2.05) is 37.3 Å². The Labute approximate surface area is 155 Å². The SMILES string of the molecule is C=c1c(Oc2ccccc2)nn2nc(C(C)Cn3c(O)cc(C)c3O)nc12. The first kappa shape index (κ1) is 16.9. The van der Waals surface area contributed by atoms with Crippen molar-refractivity contribution < 1.29 is 14.9 Å². The number of aryl methyl sites for hydroxylation is 1. The van der Waals surface area contributed by atoms with E-state index in [2.05, 4.69) is 21.8 Å². The number of aromatic hydroxyl groups is 2. The number of hydrogen-bond acceptors (Lipinski definition) is 6. The van der Waals surface area contributed by atoms with E-state index in [4.69, 9.17) is 4.74 Å². The third kappa shape index (κ3) is 2.95. The highest BCUT2D eigenvalue weighted by Gasteiger charge is 2.20. The van der Waals surface area contributed by atoms with Gasteiger partial charge in [-0.1, -0.05) is 31.7 Å². The fourth-order valence-electron chi connectivity index (χ4n) is 2.90. The molecule has 3 aromatic heterocycles. The number of hydrogen-bond donors (Lipinski definition) is 2. The molecule has 1 atom stereocenters. The average molecular weight is 365 g/mol. The molecule has 0 bridgehead atoms. The molecular weight excluding hydrogens is 346 g/mol. The molecule has 1 unspecified atom stereocenters. The maximum atomic E-state index is 10.1. The number of ether oxygens (including phenoxy) is 1. The van der Waals surface area contributed by atoms with Crippen LogP contribution in [0.15, 0.2) is 36.4 Å². The van der Waals surface area contributed by atoms with Crippen molar-refractivity contribution in [3.8, 4) is 23.4 Å². The summed E-state index contributed by atoms with van der Waals surface area (Å²) in [7, 11) is 0. The van der Waals surface area contributed by atoms with Crippen molar-refractivity contribution in [2.45, 2.75) is 26.3 Å². The lowest BCUT2D eigenvalue weighted by molar-refractivity contribution is 0.355. The molecule has 0 saturated heterocycles. The Hall–Kier alpha value is -3.55. The molecule has 8 heteroatoms. The highest BCUT2D eigenvalue weighted by Crippen LogP contribution is 2.29. The molecule has 8 nitrogen and oxygen atoms in total. The minimum Gasteiger partial charge on any atom is -0.494 e. The van der Waals surface area contributed by atoms with Gasteiger partial charge in [0, 0.05) is 24.1 Å². The second kappa shape index (κ2) is 6.31. The van der Waals surface area contributed by atoms with Crippen molar-refractivity contribution in [2.24, 2.45) is 0 Å². The van der Waals surface area contributed by atoms with Crippen LogP contribution in [-0.2, 0) is 6.54 Å². The molecule has 0 aliphatic heterocycles. The van der Waals surface area contributed by atoms with Crippen LogP contribution in [0.1, 0.15) is 24.2 Å². The summed E-state index contributed by atoms with van der Waals surface area (Å²) in [5, 5.41) is 29.3. The highest BCUT2D eigenvalue weighted by atomic mass is 16.5. The third-order valence-corrected chi connectivity index (χ3v) is 4.41. The second-order valence-corrected chi connectivity index (χ2v) is 6.50. The van der Waals surface area contributed by atoms with Gasteiger partial charge in [0.05, 0.1) is 5.22 Å². The van der Waals surface area contributed by atoms with Crippen LogP contribution in [0.3, 0.4) is 0 Å². The van der Waals surface area contributed by atoms with Crippen LogP contribution >= 0.6 is 0 Å². The molecule has 0 amide bonds. The van der Waals surface area contributed by atoms with Crippen LogP contribution in [0.5, 0.6) is 23.4 Å². The fraction of sp³-hybridized carbons (Fsp3) is 0.211. The molecule has 0 spiro atoms. The van der Waals surface area contributed by atoms with Crippen LogP contribution in [0.4, 0.5) is 0 Å². The molecule has 0 radical (unpaired) electrons. The predicted octanol–water partition coefficient (Wildman–Crippen LogP) is 2.37. The summed E-state index contributed by atoms with van der Waals surface area (Å²) in [6, 6.07) is 10.8. The molecule has 1 aromatic carbocycles. The van der Waals surface area contributed by atoms with Gasteiger partial charge in [-0.25, -0.2) is 4.98 Å². The number of benzene rings is 1. The molecule has 0 aliphatic rings. The highest BCUT2D eigenvalue weighted by molar-refractivity contribution is 5.46. The fourth-order valence-corrected chi connectivity index (χ4v) is 2.90. The van der Waals surface area contributed by atoms with Crippen LogP contribution in [0.25, 0.3) is 12.2 Å². The zero-order valence-corrected chi connectivity index (χ0v) is 15.0. The van der Waals surface area contributed by atoms with Crippen molar-refractivity contribution >= 4 is 12.2 Å². The monoisotopic (exact) mass is 365 g/mol. The summed E-state index contributed by atoms with van der Waals surface area (Å²) >= 11 is 0. The van der Waals surface area contributed by atoms with Crippen molar-refractivity contribution in [3.63, 3.8) is 0 Å². The molecule has 3 heterocycles. The molecule has 4 rings (SSSR count). The summed E-state index contributed by atoms with van der Waals surface area (Å²) < 4.78 is 8.56. The first-order valence-electron chi connectivity index (χ1n) is 8.50. The summed E-state index contributed by atoms with van der Waals surface area (Å²) in [6.45, 7) is 7.97. The van der Waals surface area contributed by atoms with Gasteiger partial charge in [0.15, 0.2) is 23.2 Å². The molecule has 27 heavy (non-hydrogen) atoms. The smallest absolute Gasteiger partial charge is 0.249 e. The van der Waals surface area contributed by atoms with Crippen molar-refractivity contribution in [1.82, 2.24) is 24.4 Å². The van der Waals surface area contributed by atoms with Gasteiger partial charge in [-0.3, -0.25) is 4.57 Å². The Bertz CT molecular complexity index is 1150. The zero-order chi connectivity index (χ0) is 19.1. The van der Waals surface area contributed by atoms with Crippen LogP contribution in [0.2, 0.25) is 0 Å². The lowest BCUT2D eigenvalue weighted by Gasteiger charge is -2.11. The van der Waals surface area contributed by atoms with E-state index >= 15 is 0 Å². The van der Waals surface area contributed by atoms with Gasteiger partial charge in [0.1, 0.15) is 5.75 Å². The molecular formula is C19H19N5O3. The zero-order valence-electron chi connectivity index (χ0n) is 15.0. The minimum absolute atomic E-state index is 0.00424. The van der Waals surface area contributed by atoms with E-state index < -0.39 is 0 Å². The number of aromatic nitrogens is 5. The average Bonchev–Trinajstić information content (AvgIpc) is 3.26. The van der Waals surface area contributed by atoms with Gasteiger partial charge in [0.25, 0.3) is 0 Å². The molecule has 0 aliphatic carbocycles. The number of nitrogens with zero attached hydrogens (tertiary/aromatic N) is 5. The van der Waals surface area contributed by atoms with Crippen LogP contribution < -0.4 is 9.96 Å². The topological polar surface area (TPSA) is 97.7 Å². The quantitative estimate of drug-likeness (QED) is 0.563. The summed E-state index contributed by atoms with van der Waals surface area (Å²) in [5.41, 5.74) is 1.13. The first-order chi connectivity index (χ1) is 12.9. The maximum Gasteiger partial charge on any atom is 0.249 e. The largest absolute Gasteiger partial charge is 0.494 e. The summed E-state index contributed by atoms with van der Waals surface area (Å²) in [6.07, 6.45) is 0. The molecule has 0 saturated carbocycles. The maximum absolute atomic E-state index is 10.1. The molecule has 4 aromatic rings.